The van der Waals surface area contributed by atoms with E-state index in [0.29, 0.717) is 125 Å². The van der Waals surface area contributed by atoms with Crippen molar-refractivity contribution < 1.29 is 74.4 Å². The number of ether oxygens (including phenoxy) is 9. The normalized spacial score (nSPS) is 15.5. The van der Waals surface area contributed by atoms with Crippen LogP contribution in [-0.2, 0) is 66.5 Å². The Kier molecular flexibility index (Phi) is 22.6. The molecule has 0 aromatic heterocycles. The average Bonchev–Trinajstić information content (AvgIpc) is 3.48. The fourth-order valence-electron chi connectivity index (χ4n) is 5.76. The minimum atomic E-state index is -3.79. The number of carbonyl (C=O) groups is 4. The number of hydrogen-bond acceptors (Lipinski definition) is 17. The second-order valence-corrected chi connectivity index (χ2v) is 14.8. The third-order valence-corrected chi connectivity index (χ3v) is 10.1. The van der Waals surface area contributed by atoms with Crippen molar-refractivity contribution in [3.8, 4) is 0 Å². The van der Waals surface area contributed by atoms with E-state index in [1.165, 1.54) is 12.1 Å². The maximum absolute atomic E-state index is 13.2. The van der Waals surface area contributed by atoms with E-state index in [1.54, 1.807) is 30.3 Å². The molecule has 2 aliphatic rings. The molecule has 60 heavy (non-hydrogen) atoms. The summed E-state index contributed by atoms with van der Waals surface area (Å²) in [4.78, 5) is 51.0. The Bertz CT molecular complexity index is 1730. The molecule has 0 radical (unpaired) electrons. The maximum atomic E-state index is 13.2. The molecule has 1 fully saturated rings. The molecule has 0 spiro atoms. The predicted molar refractivity (Wildman–Crippen MR) is 213 cm³/mol. The van der Waals surface area contributed by atoms with Gasteiger partial charge in [0.25, 0.3) is 21.9 Å². The lowest BCUT2D eigenvalue weighted by Crippen LogP contribution is -2.54. The summed E-state index contributed by atoms with van der Waals surface area (Å²) in [7, 11) is -3.79. The molecule has 1 atom stereocenters. The molecule has 2 N–H and O–H groups in total. The van der Waals surface area contributed by atoms with Crippen molar-refractivity contribution in [1.82, 2.24) is 10.2 Å². The van der Waals surface area contributed by atoms with Gasteiger partial charge in [-0.1, -0.05) is 23.8 Å². The molecule has 334 valence electrons. The van der Waals surface area contributed by atoms with Crippen molar-refractivity contribution in [2.24, 2.45) is 0 Å². The number of amides is 4. The largest absolute Gasteiger partial charge is 0.382 e. The Morgan fingerprint density at radius 3 is 1.52 bits per heavy atom. The van der Waals surface area contributed by atoms with Gasteiger partial charge >= 0.3 is 0 Å². The van der Waals surface area contributed by atoms with Crippen LogP contribution in [-0.4, -0.2) is 175 Å². The molecule has 2 aromatic rings. The fourth-order valence-corrected chi connectivity index (χ4v) is 6.65. The third kappa shape index (κ3) is 17.2. The van der Waals surface area contributed by atoms with Gasteiger partial charge in [-0.25, -0.2) is 0 Å². The van der Waals surface area contributed by atoms with E-state index in [0.717, 1.165) is 10.5 Å². The van der Waals surface area contributed by atoms with Gasteiger partial charge in [0, 0.05) is 18.7 Å². The van der Waals surface area contributed by atoms with Gasteiger partial charge in [0.1, 0.15) is 6.04 Å². The van der Waals surface area contributed by atoms with Crippen LogP contribution in [0.3, 0.4) is 0 Å². The number of aryl methyl sites for hydroxylation is 1. The lowest BCUT2D eigenvalue weighted by Gasteiger charge is -2.27. The van der Waals surface area contributed by atoms with Crippen molar-refractivity contribution >= 4 is 39.4 Å². The summed E-state index contributed by atoms with van der Waals surface area (Å²) in [5.41, 5.74) is 1.85. The van der Waals surface area contributed by atoms with E-state index >= 15 is 0 Å². The highest BCUT2D eigenvalue weighted by Crippen LogP contribution is 2.32. The van der Waals surface area contributed by atoms with Gasteiger partial charge in [0.2, 0.25) is 11.8 Å². The van der Waals surface area contributed by atoms with Crippen molar-refractivity contribution in [3.05, 3.63) is 59.2 Å². The van der Waals surface area contributed by atoms with Gasteiger partial charge in [-0.2, -0.15) is 8.42 Å². The van der Waals surface area contributed by atoms with E-state index in [4.69, 9.17) is 46.8 Å². The van der Waals surface area contributed by atoms with Crippen LogP contribution in [0.25, 0.3) is 0 Å². The van der Waals surface area contributed by atoms with E-state index in [-0.39, 0.29) is 42.1 Å². The second-order valence-electron chi connectivity index (χ2n) is 13.2. The SMILES string of the molecule is Cc1ccc(S(=O)(=O)OCCOCCOCCOCCOCCOCCOCCOCCOCCOCCNc2cccc3c2C(=O)N(C2CCC(=O)NC2=O)C3=O)cc1. The van der Waals surface area contributed by atoms with Gasteiger partial charge in [-0.3, -0.25) is 33.6 Å². The summed E-state index contributed by atoms with van der Waals surface area (Å²) < 4.78 is 78.5. The molecule has 1 unspecified atom stereocenters. The topological polar surface area (TPSA) is 222 Å². The Balaban J connectivity index is 0.834. The van der Waals surface area contributed by atoms with Crippen molar-refractivity contribution in [1.29, 1.82) is 0 Å². The molecule has 1 saturated heterocycles. The first-order chi connectivity index (χ1) is 29.2. The number of piperidine rings is 1. The van der Waals surface area contributed by atoms with Gasteiger partial charge < -0.3 is 47.9 Å². The van der Waals surface area contributed by atoms with E-state index < -0.39 is 39.8 Å². The van der Waals surface area contributed by atoms with Gasteiger partial charge in [0.05, 0.1) is 142 Å². The number of imide groups is 2. The lowest BCUT2D eigenvalue weighted by molar-refractivity contribution is -0.136. The molecule has 20 heteroatoms. The van der Waals surface area contributed by atoms with Gasteiger partial charge in [-0.05, 0) is 37.6 Å². The summed E-state index contributed by atoms with van der Waals surface area (Å²) >= 11 is 0. The Morgan fingerprint density at radius 2 is 1.05 bits per heavy atom. The summed E-state index contributed by atoms with van der Waals surface area (Å²) in [6.07, 6.45) is 0.156. The maximum Gasteiger partial charge on any atom is 0.297 e. The Hall–Kier alpha value is -3.93. The standard InChI is InChI=1S/C40H57N3O16S/c1-31-5-7-32(8-6-31)60(48,49)59-30-29-58-28-27-57-26-25-56-24-23-55-22-21-54-20-19-53-18-17-52-16-15-51-14-13-50-12-11-41-34-4-2-3-33-37(34)40(47)43(39(33)46)35-9-10-36(44)42-38(35)45/h2-8,35,41H,9-30H2,1H3,(H,42,44,45). The van der Waals surface area contributed by atoms with Crippen LogP contribution in [0.2, 0.25) is 0 Å². The number of hydrogen-bond donors (Lipinski definition) is 2. The van der Waals surface area contributed by atoms with E-state index in [1.807, 2.05) is 6.92 Å². The molecule has 0 aliphatic carbocycles. The quantitative estimate of drug-likeness (QED) is 0.0576. The highest BCUT2D eigenvalue weighted by atomic mass is 32.2. The smallest absolute Gasteiger partial charge is 0.297 e. The van der Waals surface area contributed by atoms with Crippen molar-refractivity contribution in [2.75, 3.05) is 137 Å². The first-order valence-electron chi connectivity index (χ1n) is 19.9. The summed E-state index contributed by atoms with van der Waals surface area (Å²) in [6, 6.07) is 10.3. The average molecular weight is 868 g/mol. The van der Waals surface area contributed by atoms with Crippen LogP contribution in [0.1, 0.15) is 39.1 Å². The van der Waals surface area contributed by atoms with Crippen LogP contribution in [0.4, 0.5) is 5.69 Å². The molecule has 0 saturated carbocycles. The Labute approximate surface area is 350 Å². The molecule has 4 rings (SSSR count). The van der Waals surface area contributed by atoms with Gasteiger partial charge in [-0.15, -0.1) is 0 Å². The lowest BCUT2D eigenvalue weighted by atomic mass is 10.0. The van der Waals surface area contributed by atoms with Crippen LogP contribution < -0.4 is 10.6 Å². The fraction of sp³-hybridized carbons (Fsp3) is 0.600. The predicted octanol–water partition coefficient (Wildman–Crippen LogP) is 1.36. The minimum absolute atomic E-state index is 0.0591. The number of benzene rings is 2. The molecule has 2 aliphatic heterocycles. The molecule has 2 heterocycles. The molecular formula is C40H57N3O16S. The molecule has 2 aromatic carbocycles. The summed E-state index contributed by atoms with van der Waals surface area (Å²) in [5.74, 6) is -2.19. The monoisotopic (exact) mass is 867 g/mol. The zero-order valence-corrected chi connectivity index (χ0v) is 34.9. The summed E-state index contributed by atoms with van der Waals surface area (Å²) in [5, 5.41) is 5.32. The number of nitrogens with one attached hydrogen (secondary N) is 2. The first-order valence-corrected chi connectivity index (χ1v) is 21.3. The minimum Gasteiger partial charge on any atom is -0.382 e. The number of rotatable bonds is 34. The van der Waals surface area contributed by atoms with Crippen LogP contribution in [0.15, 0.2) is 47.4 Å². The number of nitrogens with zero attached hydrogens (tertiary/aromatic N) is 1. The second kappa shape index (κ2) is 27.8. The van der Waals surface area contributed by atoms with Crippen molar-refractivity contribution in [2.45, 2.75) is 30.7 Å². The van der Waals surface area contributed by atoms with Crippen LogP contribution in [0, 0.1) is 6.92 Å². The van der Waals surface area contributed by atoms with E-state index in [9.17, 15) is 27.6 Å². The molecule has 19 nitrogen and oxygen atoms in total. The number of carbonyl (C=O) groups excluding carboxylic acids is 4. The molecule has 4 amide bonds. The molecule has 0 bridgehead atoms. The van der Waals surface area contributed by atoms with Crippen LogP contribution >= 0.6 is 0 Å². The zero-order valence-electron chi connectivity index (χ0n) is 34.1. The highest BCUT2D eigenvalue weighted by molar-refractivity contribution is 7.86. The summed E-state index contributed by atoms with van der Waals surface area (Å²) in [6.45, 7) is 9.13. The molecular weight excluding hydrogens is 811 g/mol. The van der Waals surface area contributed by atoms with Crippen molar-refractivity contribution in [3.63, 3.8) is 0 Å². The highest BCUT2D eigenvalue weighted by Gasteiger charge is 2.45. The Morgan fingerprint density at radius 1 is 0.600 bits per heavy atom. The zero-order chi connectivity index (χ0) is 42.8. The first kappa shape index (κ1) is 48.7. The number of anilines is 1. The van der Waals surface area contributed by atoms with Gasteiger partial charge in [0.15, 0.2) is 0 Å². The van der Waals surface area contributed by atoms with Crippen LogP contribution in [0.5, 0.6) is 0 Å². The third-order valence-electron chi connectivity index (χ3n) is 8.78. The van der Waals surface area contributed by atoms with E-state index in [2.05, 4.69) is 10.6 Å². The number of fused-ring (bicyclic) bond motifs is 1.